The summed E-state index contributed by atoms with van der Waals surface area (Å²) in [5, 5.41) is 0. The molecule has 1 unspecified atom stereocenters. The first-order valence-electron chi connectivity index (χ1n) is 5.66. The van der Waals surface area contributed by atoms with Crippen LogP contribution in [0.5, 0.6) is 0 Å². The van der Waals surface area contributed by atoms with Crippen LogP contribution in [0.1, 0.15) is 24.4 Å². The number of rotatable bonds is 3. The maximum Gasteiger partial charge on any atom is 0.133 e. The number of nitrogens with zero attached hydrogens (tertiary/aromatic N) is 3. The molecular weight excluding hydrogens is 212 g/mol. The van der Waals surface area contributed by atoms with Crippen molar-refractivity contribution >= 4 is 0 Å². The number of aryl methyl sites for hydroxylation is 1. The molecule has 0 aromatic carbocycles. The van der Waals surface area contributed by atoms with E-state index in [4.69, 9.17) is 5.73 Å². The molecule has 4 nitrogen and oxygen atoms in total. The van der Waals surface area contributed by atoms with Crippen LogP contribution in [0, 0.1) is 6.92 Å². The van der Waals surface area contributed by atoms with E-state index in [1.807, 2.05) is 32.0 Å². The zero-order chi connectivity index (χ0) is 12.3. The van der Waals surface area contributed by atoms with Gasteiger partial charge in [0.25, 0.3) is 0 Å². The highest BCUT2D eigenvalue weighted by Gasteiger charge is 2.09. The van der Waals surface area contributed by atoms with Crippen LogP contribution in [0.2, 0.25) is 0 Å². The van der Waals surface area contributed by atoms with Crippen molar-refractivity contribution in [1.29, 1.82) is 0 Å². The number of aromatic nitrogens is 3. The Labute approximate surface area is 101 Å². The zero-order valence-electron chi connectivity index (χ0n) is 10.1. The Balaban J connectivity index is 2.45. The van der Waals surface area contributed by atoms with E-state index in [-0.39, 0.29) is 5.92 Å². The summed E-state index contributed by atoms with van der Waals surface area (Å²) in [4.78, 5) is 13.0. The first-order valence-corrected chi connectivity index (χ1v) is 5.66. The van der Waals surface area contributed by atoms with Crippen molar-refractivity contribution in [3.05, 3.63) is 42.1 Å². The van der Waals surface area contributed by atoms with Crippen molar-refractivity contribution in [1.82, 2.24) is 15.0 Å². The van der Waals surface area contributed by atoms with E-state index in [1.165, 1.54) is 0 Å². The molecule has 0 spiro atoms. The maximum atomic E-state index is 5.65. The predicted octanol–water partition coefficient (Wildman–Crippen LogP) is 1.91. The molecule has 2 heterocycles. The van der Waals surface area contributed by atoms with Gasteiger partial charge in [0.1, 0.15) is 5.82 Å². The van der Waals surface area contributed by atoms with Gasteiger partial charge in [0.2, 0.25) is 0 Å². The molecule has 17 heavy (non-hydrogen) atoms. The molecule has 2 aromatic heterocycles. The van der Waals surface area contributed by atoms with Gasteiger partial charge >= 0.3 is 0 Å². The monoisotopic (exact) mass is 228 g/mol. The van der Waals surface area contributed by atoms with Crippen molar-refractivity contribution in [3.63, 3.8) is 0 Å². The molecule has 2 rings (SSSR count). The third-order valence-corrected chi connectivity index (χ3v) is 2.64. The summed E-state index contributed by atoms with van der Waals surface area (Å²) in [5.41, 5.74) is 8.59. The number of hydrogen-bond acceptors (Lipinski definition) is 4. The average molecular weight is 228 g/mol. The minimum atomic E-state index is 0.176. The second-order valence-corrected chi connectivity index (χ2v) is 4.13. The van der Waals surface area contributed by atoms with Crippen molar-refractivity contribution < 1.29 is 0 Å². The summed E-state index contributed by atoms with van der Waals surface area (Å²) >= 11 is 0. The summed E-state index contributed by atoms with van der Waals surface area (Å²) in [6.45, 7) is 4.56. The van der Waals surface area contributed by atoms with Crippen molar-refractivity contribution in [2.24, 2.45) is 5.73 Å². The van der Waals surface area contributed by atoms with E-state index in [9.17, 15) is 0 Å². The fraction of sp³-hybridized carbons (Fsp3) is 0.308. The third-order valence-electron chi connectivity index (χ3n) is 2.64. The van der Waals surface area contributed by atoms with Crippen LogP contribution >= 0.6 is 0 Å². The van der Waals surface area contributed by atoms with Gasteiger partial charge in [0.05, 0.1) is 5.69 Å². The molecule has 2 N–H and O–H groups in total. The highest BCUT2D eigenvalue weighted by Crippen LogP contribution is 2.19. The van der Waals surface area contributed by atoms with Gasteiger partial charge in [0.15, 0.2) is 0 Å². The standard InChI is InChI=1S/C13H16N4/c1-9(8-14)13-16-10(2)7-12(17-13)11-3-5-15-6-4-11/h3-7,9H,8,14H2,1-2H3. The minimum absolute atomic E-state index is 0.176. The fourth-order valence-electron chi connectivity index (χ4n) is 1.59. The zero-order valence-corrected chi connectivity index (χ0v) is 10.1. The topological polar surface area (TPSA) is 64.7 Å². The molecule has 0 saturated carbocycles. The molecule has 0 aliphatic rings. The second-order valence-electron chi connectivity index (χ2n) is 4.13. The summed E-state index contributed by atoms with van der Waals surface area (Å²) in [5.74, 6) is 0.981. The Morgan fingerprint density at radius 2 is 1.94 bits per heavy atom. The summed E-state index contributed by atoms with van der Waals surface area (Å²) in [6.07, 6.45) is 3.53. The Morgan fingerprint density at radius 1 is 1.24 bits per heavy atom. The molecule has 0 radical (unpaired) electrons. The van der Waals surface area contributed by atoms with Gasteiger partial charge in [-0.15, -0.1) is 0 Å². The van der Waals surface area contributed by atoms with E-state index in [2.05, 4.69) is 15.0 Å². The predicted molar refractivity (Wildman–Crippen MR) is 67.5 cm³/mol. The Morgan fingerprint density at radius 3 is 2.59 bits per heavy atom. The van der Waals surface area contributed by atoms with E-state index in [0.717, 1.165) is 22.8 Å². The lowest BCUT2D eigenvalue weighted by molar-refractivity contribution is 0.708. The van der Waals surface area contributed by atoms with Crippen molar-refractivity contribution in [2.75, 3.05) is 6.54 Å². The lowest BCUT2D eigenvalue weighted by Crippen LogP contribution is -2.13. The highest BCUT2D eigenvalue weighted by atomic mass is 14.9. The quantitative estimate of drug-likeness (QED) is 0.871. The molecular formula is C13H16N4. The first-order chi connectivity index (χ1) is 8.20. The Bertz CT molecular complexity index is 496. The highest BCUT2D eigenvalue weighted by molar-refractivity contribution is 5.58. The van der Waals surface area contributed by atoms with Crippen LogP contribution in [0.25, 0.3) is 11.3 Å². The van der Waals surface area contributed by atoms with Gasteiger partial charge in [-0.25, -0.2) is 9.97 Å². The molecule has 2 aromatic rings. The van der Waals surface area contributed by atoms with Crippen molar-refractivity contribution in [2.45, 2.75) is 19.8 Å². The van der Waals surface area contributed by atoms with Crippen LogP contribution in [0.15, 0.2) is 30.6 Å². The SMILES string of the molecule is Cc1cc(-c2ccncc2)nc(C(C)CN)n1. The fourth-order valence-corrected chi connectivity index (χ4v) is 1.59. The van der Waals surface area contributed by atoms with Gasteiger partial charge in [-0.05, 0) is 25.1 Å². The maximum absolute atomic E-state index is 5.65. The van der Waals surface area contributed by atoms with Crippen molar-refractivity contribution in [3.8, 4) is 11.3 Å². The van der Waals surface area contributed by atoms with Crippen LogP contribution in [0.3, 0.4) is 0 Å². The van der Waals surface area contributed by atoms with E-state index < -0.39 is 0 Å². The number of pyridine rings is 1. The summed E-state index contributed by atoms with van der Waals surface area (Å²) in [6, 6.07) is 5.86. The third kappa shape index (κ3) is 2.65. The summed E-state index contributed by atoms with van der Waals surface area (Å²) < 4.78 is 0. The molecule has 0 fully saturated rings. The van der Waals surface area contributed by atoms with Crippen LogP contribution < -0.4 is 5.73 Å². The molecule has 0 bridgehead atoms. The molecule has 1 atom stereocenters. The van der Waals surface area contributed by atoms with Gasteiger partial charge in [-0.1, -0.05) is 6.92 Å². The molecule has 0 aliphatic heterocycles. The molecule has 0 amide bonds. The lowest BCUT2D eigenvalue weighted by Gasteiger charge is -2.10. The molecule has 88 valence electrons. The average Bonchev–Trinajstić information content (AvgIpc) is 2.38. The smallest absolute Gasteiger partial charge is 0.133 e. The van der Waals surface area contributed by atoms with Crippen LogP contribution in [-0.2, 0) is 0 Å². The number of nitrogens with two attached hydrogens (primary N) is 1. The van der Waals surface area contributed by atoms with Gasteiger partial charge in [0, 0.05) is 36.1 Å². The van der Waals surface area contributed by atoms with Gasteiger partial charge in [-0.2, -0.15) is 0 Å². The van der Waals surface area contributed by atoms with Crippen LogP contribution in [-0.4, -0.2) is 21.5 Å². The number of hydrogen-bond donors (Lipinski definition) is 1. The lowest BCUT2D eigenvalue weighted by atomic mass is 10.1. The Kier molecular flexibility index (Phi) is 3.44. The summed E-state index contributed by atoms with van der Waals surface area (Å²) in [7, 11) is 0. The first kappa shape index (κ1) is 11.7. The van der Waals surface area contributed by atoms with Gasteiger partial charge < -0.3 is 5.73 Å². The van der Waals surface area contributed by atoms with Crippen LogP contribution in [0.4, 0.5) is 0 Å². The second kappa shape index (κ2) is 5.01. The molecule has 0 aliphatic carbocycles. The molecule has 4 heteroatoms. The Hall–Kier alpha value is -1.81. The van der Waals surface area contributed by atoms with E-state index in [0.29, 0.717) is 6.54 Å². The normalized spacial score (nSPS) is 12.4. The van der Waals surface area contributed by atoms with Gasteiger partial charge in [-0.3, -0.25) is 4.98 Å². The largest absolute Gasteiger partial charge is 0.330 e. The van der Waals surface area contributed by atoms with E-state index >= 15 is 0 Å². The van der Waals surface area contributed by atoms with E-state index in [1.54, 1.807) is 12.4 Å². The molecule has 0 saturated heterocycles. The minimum Gasteiger partial charge on any atom is -0.330 e.